The van der Waals surface area contributed by atoms with Crippen LogP contribution in [0, 0.1) is 12.8 Å². The van der Waals surface area contributed by atoms with E-state index in [0.717, 1.165) is 31.2 Å². The third-order valence-electron chi connectivity index (χ3n) is 4.68. The van der Waals surface area contributed by atoms with E-state index in [-0.39, 0.29) is 5.91 Å². The Hall–Kier alpha value is -1.88. The van der Waals surface area contributed by atoms with Crippen molar-refractivity contribution in [1.82, 2.24) is 10.3 Å². The molecule has 1 aromatic carbocycles. The first-order valence-electron chi connectivity index (χ1n) is 8.68. The molecule has 24 heavy (non-hydrogen) atoms. The molecule has 0 bridgehead atoms. The summed E-state index contributed by atoms with van der Waals surface area (Å²) >= 11 is 1.69. The molecule has 1 saturated heterocycles. The van der Waals surface area contributed by atoms with Crippen molar-refractivity contribution < 1.29 is 4.79 Å². The molecule has 1 atom stereocenters. The average molecular weight is 343 g/mol. The van der Waals surface area contributed by atoms with Gasteiger partial charge in [0, 0.05) is 37.6 Å². The fourth-order valence-electron chi connectivity index (χ4n) is 3.26. The van der Waals surface area contributed by atoms with Crippen LogP contribution in [-0.2, 0) is 11.2 Å². The van der Waals surface area contributed by atoms with Gasteiger partial charge < -0.3 is 10.2 Å². The number of hydrogen-bond donors (Lipinski definition) is 1. The van der Waals surface area contributed by atoms with Crippen LogP contribution >= 0.6 is 11.3 Å². The summed E-state index contributed by atoms with van der Waals surface area (Å²) in [6, 6.07) is 8.28. The lowest BCUT2D eigenvalue weighted by atomic mass is 9.98. The molecule has 128 valence electrons. The summed E-state index contributed by atoms with van der Waals surface area (Å²) < 4.78 is 0. The average Bonchev–Trinajstić information content (AvgIpc) is 3.14. The van der Waals surface area contributed by atoms with Crippen LogP contribution in [0.4, 0.5) is 5.13 Å². The van der Waals surface area contributed by atoms with Gasteiger partial charge in [0.15, 0.2) is 5.13 Å². The molecule has 1 aliphatic heterocycles. The summed E-state index contributed by atoms with van der Waals surface area (Å²) in [5, 5.41) is 6.25. The topological polar surface area (TPSA) is 45.2 Å². The first kappa shape index (κ1) is 17.0. The van der Waals surface area contributed by atoms with Crippen LogP contribution < -0.4 is 10.2 Å². The number of carbonyl (C=O) groups is 1. The molecule has 0 radical (unpaired) electrons. The number of aromatic nitrogens is 1. The smallest absolute Gasteiger partial charge is 0.220 e. The van der Waals surface area contributed by atoms with Gasteiger partial charge in [-0.1, -0.05) is 24.3 Å². The van der Waals surface area contributed by atoms with Crippen molar-refractivity contribution in [2.75, 3.05) is 24.5 Å². The Bertz CT molecular complexity index is 656. The van der Waals surface area contributed by atoms with Crippen molar-refractivity contribution >= 4 is 22.4 Å². The number of carbonyl (C=O) groups excluding carboxylic acids is 1. The van der Waals surface area contributed by atoms with Crippen LogP contribution in [0.15, 0.2) is 35.8 Å². The van der Waals surface area contributed by atoms with Crippen molar-refractivity contribution in [1.29, 1.82) is 0 Å². The van der Waals surface area contributed by atoms with E-state index in [1.54, 1.807) is 11.3 Å². The van der Waals surface area contributed by atoms with E-state index in [2.05, 4.69) is 34.3 Å². The van der Waals surface area contributed by atoms with Crippen LogP contribution in [0.3, 0.4) is 0 Å². The molecule has 2 aromatic rings. The molecule has 1 unspecified atom stereocenters. The lowest BCUT2D eigenvalue weighted by Crippen LogP contribution is -2.41. The molecule has 1 N–H and O–H groups in total. The first-order chi connectivity index (χ1) is 11.7. The maximum Gasteiger partial charge on any atom is 0.220 e. The molecule has 1 amide bonds. The number of anilines is 1. The zero-order valence-electron chi connectivity index (χ0n) is 14.2. The Morgan fingerprint density at radius 2 is 2.29 bits per heavy atom. The van der Waals surface area contributed by atoms with E-state index in [0.29, 0.717) is 12.3 Å². The van der Waals surface area contributed by atoms with Crippen molar-refractivity contribution in [3.05, 3.63) is 47.0 Å². The van der Waals surface area contributed by atoms with Crippen molar-refractivity contribution in [3.63, 3.8) is 0 Å². The second-order valence-electron chi connectivity index (χ2n) is 6.50. The molecule has 0 spiro atoms. The molecule has 4 nitrogen and oxygen atoms in total. The largest absolute Gasteiger partial charge is 0.356 e. The van der Waals surface area contributed by atoms with E-state index in [9.17, 15) is 4.79 Å². The van der Waals surface area contributed by atoms with Crippen LogP contribution in [0.2, 0.25) is 0 Å². The molecule has 1 fully saturated rings. The van der Waals surface area contributed by atoms with E-state index in [1.165, 1.54) is 24.0 Å². The summed E-state index contributed by atoms with van der Waals surface area (Å²) in [6.45, 7) is 4.94. The number of nitrogens with one attached hydrogen (secondary N) is 1. The molecular weight excluding hydrogens is 318 g/mol. The Balaban J connectivity index is 1.42. The van der Waals surface area contributed by atoms with E-state index >= 15 is 0 Å². The number of thiazole rings is 1. The van der Waals surface area contributed by atoms with E-state index in [1.807, 2.05) is 23.7 Å². The van der Waals surface area contributed by atoms with Crippen molar-refractivity contribution in [2.45, 2.75) is 32.6 Å². The predicted octanol–water partition coefficient (Wildman–Crippen LogP) is 3.42. The number of benzene rings is 1. The summed E-state index contributed by atoms with van der Waals surface area (Å²) in [4.78, 5) is 18.9. The lowest BCUT2D eigenvalue weighted by Gasteiger charge is -2.32. The van der Waals surface area contributed by atoms with Gasteiger partial charge in [-0.15, -0.1) is 11.3 Å². The second-order valence-corrected chi connectivity index (χ2v) is 7.37. The summed E-state index contributed by atoms with van der Waals surface area (Å²) in [7, 11) is 0. The van der Waals surface area contributed by atoms with Gasteiger partial charge in [0.05, 0.1) is 0 Å². The third kappa shape index (κ3) is 4.57. The number of hydrogen-bond acceptors (Lipinski definition) is 4. The highest BCUT2D eigenvalue weighted by Gasteiger charge is 2.21. The molecule has 0 aliphatic carbocycles. The number of rotatable bonds is 6. The molecule has 1 aliphatic rings. The minimum absolute atomic E-state index is 0.157. The predicted molar refractivity (Wildman–Crippen MR) is 99.6 cm³/mol. The zero-order valence-corrected chi connectivity index (χ0v) is 15.0. The standard InChI is InChI=1S/C19H25N3OS/c1-15-5-2-3-7-17(15)8-9-18(23)21-13-16-6-4-11-22(14-16)19-20-10-12-24-19/h2-3,5,7,10,12,16H,4,6,8-9,11,13-14H2,1H3,(H,21,23). The fourth-order valence-corrected chi connectivity index (χ4v) is 3.94. The maximum absolute atomic E-state index is 12.1. The Morgan fingerprint density at radius 3 is 3.08 bits per heavy atom. The first-order valence-corrected chi connectivity index (χ1v) is 9.56. The van der Waals surface area contributed by atoms with Crippen LogP contribution in [0.5, 0.6) is 0 Å². The van der Waals surface area contributed by atoms with Crippen LogP contribution in [-0.4, -0.2) is 30.5 Å². The fraction of sp³-hybridized carbons (Fsp3) is 0.474. The Morgan fingerprint density at radius 1 is 1.42 bits per heavy atom. The highest BCUT2D eigenvalue weighted by atomic mass is 32.1. The second kappa shape index (κ2) is 8.29. The molecule has 1 aromatic heterocycles. The minimum Gasteiger partial charge on any atom is -0.356 e. The van der Waals surface area contributed by atoms with Gasteiger partial charge >= 0.3 is 0 Å². The van der Waals surface area contributed by atoms with Crippen LogP contribution in [0.25, 0.3) is 0 Å². The van der Waals surface area contributed by atoms with Gasteiger partial charge in [0.1, 0.15) is 0 Å². The zero-order chi connectivity index (χ0) is 16.8. The lowest BCUT2D eigenvalue weighted by molar-refractivity contribution is -0.121. The monoisotopic (exact) mass is 343 g/mol. The number of aryl methyl sites for hydroxylation is 2. The minimum atomic E-state index is 0.157. The highest BCUT2D eigenvalue weighted by Crippen LogP contribution is 2.24. The molecule has 3 rings (SSSR count). The Labute approximate surface area is 147 Å². The summed E-state index contributed by atoms with van der Waals surface area (Å²) in [5.41, 5.74) is 2.52. The SMILES string of the molecule is Cc1ccccc1CCC(=O)NCC1CCCN(c2nccs2)C1. The van der Waals surface area contributed by atoms with Gasteiger partial charge in [-0.05, 0) is 43.2 Å². The number of amides is 1. The third-order valence-corrected chi connectivity index (χ3v) is 5.51. The molecular formula is C19H25N3OS. The van der Waals surface area contributed by atoms with Crippen molar-refractivity contribution in [3.8, 4) is 0 Å². The van der Waals surface area contributed by atoms with Gasteiger partial charge in [-0.2, -0.15) is 0 Å². The van der Waals surface area contributed by atoms with Gasteiger partial charge in [-0.25, -0.2) is 4.98 Å². The maximum atomic E-state index is 12.1. The Kier molecular flexibility index (Phi) is 5.86. The number of piperidine rings is 1. The van der Waals surface area contributed by atoms with Crippen molar-refractivity contribution in [2.24, 2.45) is 5.92 Å². The van der Waals surface area contributed by atoms with E-state index < -0.39 is 0 Å². The summed E-state index contributed by atoms with van der Waals surface area (Å²) in [6.07, 6.45) is 5.59. The van der Waals surface area contributed by atoms with Gasteiger partial charge in [-0.3, -0.25) is 4.79 Å². The van der Waals surface area contributed by atoms with Gasteiger partial charge in [0.25, 0.3) is 0 Å². The highest BCUT2D eigenvalue weighted by molar-refractivity contribution is 7.13. The van der Waals surface area contributed by atoms with Gasteiger partial charge in [0.2, 0.25) is 5.91 Å². The van der Waals surface area contributed by atoms with E-state index in [4.69, 9.17) is 0 Å². The molecule has 2 heterocycles. The summed E-state index contributed by atoms with van der Waals surface area (Å²) in [5.74, 6) is 0.676. The van der Waals surface area contributed by atoms with Crippen LogP contribution in [0.1, 0.15) is 30.4 Å². The number of nitrogens with zero attached hydrogens (tertiary/aromatic N) is 2. The normalized spacial score (nSPS) is 17.7. The quantitative estimate of drug-likeness (QED) is 0.874. The molecule has 0 saturated carbocycles. The molecule has 5 heteroatoms.